The highest BCUT2D eigenvalue weighted by Crippen LogP contribution is 2.26. The maximum absolute atomic E-state index is 5.68. The summed E-state index contributed by atoms with van der Waals surface area (Å²) < 4.78 is 7.50. The normalized spacial score (nSPS) is 10.9. The van der Waals surface area contributed by atoms with E-state index in [9.17, 15) is 0 Å². The van der Waals surface area contributed by atoms with Crippen LogP contribution in [-0.2, 0) is 0 Å². The van der Waals surface area contributed by atoms with Crippen LogP contribution in [0, 0.1) is 0 Å². The van der Waals surface area contributed by atoms with Crippen molar-refractivity contribution in [2.75, 3.05) is 37.5 Å². The van der Waals surface area contributed by atoms with Crippen LogP contribution < -0.4 is 15.0 Å². The Bertz CT molecular complexity index is 994. The molecule has 6 nitrogen and oxygen atoms in total. The summed E-state index contributed by atoms with van der Waals surface area (Å²) in [6.45, 7) is 1.26. The lowest BCUT2D eigenvalue weighted by Gasteiger charge is -2.12. The fourth-order valence-corrected chi connectivity index (χ4v) is 3.50. The van der Waals surface area contributed by atoms with Gasteiger partial charge >= 0.3 is 0 Å². The molecule has 0 unspecified atom stereocenters. The molecule has 27 heavy (non-hydrogen) atoms. The van der Waals surface area contributed by atoms with Gasteiger partial charge in [0.05, 0.1) is 18.4 Å². The summed E-state index contributed by atoms with van der Waals surface area (Å²) in [5.74, 6) is 0.873. The van der Waals surface area contributed by atoms with Gasteiger partial charge in [-0.15, -0.1) is 5.10 Å². The molecule has 2 heterocycles. The molecular weight excluding hydrogens is 358 g/mol. The molecule has 0 saturated carbocycles. The van der Waals surface area contributed by atoms with Crippen molar-refractivity contribution in [1.82, 2.24) is 14.6 Å². The Labute approximate surface area is 162 Å². The van der Waals surface area contributed by atoms with E-state index < -0.39 is 0 Å². The van der Waals surface area contributed by atoms with Crippen LogP contribution in [0.3, 0.4) is 0 Å². The third-order valence-electron chi connectivity index (χ3n) is 4.09. The van der Waals surface area contributed by atoms with Crippen molar-refractivity contribution in [3.05, 3.63) is 60.8 Å². The predicted octanol–water partition coefficient (Wildman–Crippen LogP) is 4.01. The first-order chi connectivity index (χ1) is 13.2. The van der Waals surface area contributed by atoms with Crippen molar-refractivity contribution in [1.29, 1.82) is 0 Å². The number of para-hydroxylation sites is 1. The molecule has 0 fully saturated rings. The number of nitrogens with zero attached hydrogens (tertiary/aromatic N) is 4. The van der Waals surface area contributed by atoms with Crippen LogP contribution in [0.4, 0.5) is 10.8 Å². The molecule has 138 valence electrons. The van der Waals surface area contributed by atoms with Crippen LogP contribution in [0.5, 0.6) is 5.75 Å². The summed E-state index contributed by atoms with van der Waals surface area (Å²) in [5.41, 5.74) is 3.17. The van der Waals surface area contributed by atoms with E-state index in [4.69, 9.17) is 9.72 Å². The smallest absolute Gasteiger partial charge is 0.214 e. The minimum absolute atomic E-state index is 0.578. The van der Waals surface area contributed by atoms with Crippen molar-refractivity contribution in [2.45, 2.75) is 0 Å². The van der Waals surface area contributed by atoms with Crippen molar-refractivity contribution in [3.8, 4) is 17.0 Å². The molecule has 4 aromatic rings. The van der Waals surface area contributed by atoms with Crippen LogP contribution >= 0.6 is 11.3 Å². The van der Waals surface area contributed by atoms with Gasteiger partial charge in [0, 0.05) is 25.3 Å². The van der Waals surface area contributed by atoms with Gasteiger partial charge in [0.1, 0.15) is 12.4 Å². The number of imidazole rings is 1. The molecule has 0 atom stereocenters. The van der Waals surface area contributed by atoms with Crippen LogP contribution in [0.15, 0.2) is 60.8 Å². The zero-order valence-electron chi connectivity index (χ0n) is 15.3. The molecule has 0 radical (unpaired) electrons. The topological polar surface area (TPSA) is 54.7 Å². The largest absolute Gasteiger partial charge is 0.492 e. The number of ether oxygens (including phenoxy) is 1. The second-order valence-corrected chi connectivity index (χ2v) is 7.25. The zero-order chi connectivity index (χ0) is 18.6. The van der Waals surface area contributed by atoms with E-state index in [1.165, 1.54) is 11.3 Å². The molecule has 7 heteroatoms. The van der Waals surface area contributed by atoms with E-state index >= 15 is 0 Å². The molecular formula is C20H21N5OS. The maximum Gasteiger partial charge on any atom is 0.214 e. The van der Waals surface area contributed by atoms with Crippen molar-refractivity contribution < 1.29 is 4.74 Å². The second-order valence-electron chi connectivity index (χ2n) is 6.29. The van der Waals surface area contributed by atoms with Gasteiger partial charge in [-0.25, -0.2) is 9.50 Å². The highest BCUT2D eigenvalue weighted by molar-refractivity contribution is 7.20. The first-order valence-corrected chi connectivity index (χ1v) is 9.56. The number of nitrogens with one attached hydrogen (secondary N) is 1. The number of hydrogen-bond donors (Lipinski definition) is 1. The van der Waals surface area contributed by atoms with E-state index in [0.717, 1.165) is 32.8 Å². The lowest BCUT2D eigenvalue weighted by molar-refractivity contribution is 0.333. The summed E-state index contributed by atoms with van der Waals surface area (Å²) >= 11 is 1.53. The highest BCUT2D eigenvalue weighted by Gasteiger charge is 2.10. The quantitative estimate of drug-likeness (QED) is 0.492. The molecule has 0 aliphatic rings. The lowest BCUT2D eigenvalue weighted by atomic mass is 10.1. The van der Waals surface area contributed by atoms with E-state index in [1.54, 1.807) is 0 Å². The van der Waals surface area contributed by atoms with Crippen LogP contribution in [0.1, 0.15) is 0 Å². The van der Waals surface area contributed by atoms with Crippen molar-refractivity contribution >= 4 is 27.1 Å². The molecule has 1 N–H and O–H groups in total. The van der Waals surface area contributed by atoms with Gasteiger partial charge in [0.15, 0.2) is 0 Å². The monoisotopic (exact) mass is 379 g/mol. The Morgan fingerprint density at radius 2 is 1.96 bits per heavy atom. The SMILES string of the molecule is CN(C)c1cccc(-c2cn3nc(NCCOc4ccccc4)sc3n2)c1. The number of fused-ring (bicyclic) bond motifs is 1. The molecule has 4 rings (SSSR count). The van der Waals surface area contributed by atoms with Crippen LogP contribution in [0.2, 0.25) is 0 Å². The second kappa shape index (κ2) is 7.67. The Balaban J connectivity index is 1.39. The first kappa shape index (κ1) is 17.4. The van der Waals surface area contributed by atoms with Gasteiger partial charge < -0.3 is 15.0 Å². The molecule has 2 aromatic heterocycles. The van der Waals surface area contributed by atoms with Crippen molar-refractivity contribution in [3.63, 3.8) is 0 Å². The molecule has 2 aromatic carbocycles. The zero-order valence-corrected chi connectivity index (χ0v) is 16.1. The molecule has 0 bridgehead atoms. The average Bonchev–Trinajstić information content (AvgIpc) is 3.25. The standard InChI is InChI=1S/C20H21N5OS/c1-24(2)16-8-6-7-15(13-16)18-14-25-20(22-18)27-19(23-25)21-11-12-26-17-9-4-3-5-10-17/h3-10,13-14H,11-12H2,1-2H3,(H,21,23). The number of hydrogen-bond acceptors (Lipinski definition) is 6. The molecule has 0 amide bonds. The van der Waals surface area contributed by atoms with E-state index in [1.807, 2.05) is 61.2 Å². The fourth-order valence-electron chi connectivity index (χ4n) is 2.70. The molecule has 0 aliphatic heterocycles. The summed E-state index contributed by atoms with van der Waals surface area (Å²) in [6, 6.07) is 18.1. The Kier molecular flexibility index (Phi) is 4.93. The fraction of sp³-hybridized carbons (Fsp3) is 0.200. The van der Waals surface area contributed by atoms with Crippen molar-refractivity contribution in [2.24, 2.45) is 0 Å². The lowest BCUT2D eigenvalue weighted by Crippen LogP contribution is -2.11. The Morgan fingerprint density at radius 1 is 1.11 bits per heavy atom. The first-order valence-electron chi connectivity index (χ1n) is 8.75. The molecule has 0 spiro atoms. The van der Waals surface area contributed by atoms with E-state index in [0.29, 0.717) is 13.2 Å². The Hall–Kier alpha value is -3.06. The van der Waals surface area contributed by atoms with E-state index in [-0.39, 0.29) is 0 Å². The summed E-state index contributed by atoms with van der Waals surface area (Å²) in [6.07, 6.45) is 1.96. The van der Waals surface area contributed by atoms with Gasteiger partial charge in [0.2, 0.25) is 10.1 Å². The van der Waals surface area contributed by atoms with Gasteiger partial charge in [-0.05, 0) is 24.3 Å². The molecule has 0 aliphatic carbocycles. The number of anilines is 2. The molecule has 0 saturated heterocycles. The van der Waals surface area contributed by atoms with Gasteiger partial charge in [-0.3, -0.25) is 0 Å². The highest BCUT2D eigenvalue weighted by atomic mass is 32.1. The maximum atomic E-state index is 5.68. The van der Waals surface area contributed by atoms with Gasteiger partial charge in [0.25, 0.3) is 0 Å². The number of benzene rings is 2. The third-order valence-corrected chi connectivity index (χ3v) is 4.97. The minimum Gasteiger partial charge on any atom is -0.492 e. The van der Waals surface area contributed by atoms with Gasteiger partial charge in [-0.2, -0.15) is 0 Å². The minimum atomic E-state index is 0.578. The third kappa shape index (κ3) is 4.03. The van der Waals surface area contributed by atoms with Gasteiger partial charge in [-0.1, -0.05) is 41.7 Å². The number of rotatable bonds is 7. The van der Waals surface area contributed by atoms with Crippen LogP contribution in [-0.4, -0.2) is 41.8 Å². The summed E-state index contributed by atoms with van der Waals surface area (Å²) in [4.78, 5) is 7.66. The average molecular weight is 379 g/mol. The predicted molar refractivity (Wildman–Crippen MR) is 111 cm³/mol. The summed E-state index contributed by atoms with van der Waals surface area (Å²) in [5, 5.41) is 8.68. The van der Waals surface area contributed by atoms with E-state index in [2.05, 4.69) is 33.5 Å². The Morgan fingerprint density at radius 3 is 2.74 bits per heavy atom. The summed E-state index contributed by atoms with van der Waals surface area (Å²) in [7, 11) is 4.07. The van der Waals surface area contributed by atoms with Crippen LogP contribution in [0.25, 0.3) is 16.2 Å². The number of aromatic nitrogens is 3.